The zero-order chi connectivity index (χ0) is 38.3. The van der Waals surface area contributed by atoms with Gasteiger partial charge in [0.1, 0.15) is 11.5 Å². The molecule has 6 nitrogen and oxygen atoms in total. The number of nitrogens with zero attached hydrogens (tertiary/aromatic N) is 4. The van der Waals surface area contributed by atoms with Crippen molar-refractivity contribution in [2.24, 2.45) is 0 Å². The highest BCUT2D eigenvalue weighted by molar-refractivity contribution is 5.45. The number of pyridine rings is 2. The summed E-state index contributed by atoms with van der Waals surface area (Å²) in [5.74, 6) is 0.654. The van der Waals surface area contributed by atoms with Crippen molar-refractivity contribution in [3.05, 3.63) is 191 Å². The summed E-state index contributed by atoms with van der Waals surface area (Å²) in [6.45, 7) is 14.8. The molecule has 0 saturated carbocycles. The largest absolute Gasteiger partial charge is 0.507 e. The topological polar surface area (TPSA) is 72.7 Å². The van der Waals surface area contributed by atoms with E-state index in [-0.39, 0.29) is 22.9 Å². The molecule has 0 aliphatic rings. The fraction of sp³-hybridized carbons (Fsp3) is 0.292. The molecule has 0 fully saturated rings. The summed E-state index contributed by atoms with van der Waals surface area (Å²) in [4.78, 5) is 14.5. The molecule has 2 aromatic heterocycles. The molecule has 54 heavy (non-hydrogen) atoms. The average Bonchev–Trinajstić information content (AvgIpc) is 3.15. The predicted octanol–water partition coefficient (Wildman–Crippen LogP) is 10.7. The molecule has 4 aromatic carbocycles. The first-order chi connectivity index (χ1) is 25.9. The van der Waals surface area contributed by atoms with E-state index in [1.54, 1.807) is 0 Å². The Morgan fingerprint density at radius 1 is 0.444 bits per heavy atom. The molecule has 6 rings (SSSR count). The highest BCUT2D eigenvalue weighted by Crippen LogP contribution is 2.44. The second-order valence-corrected chi connectivity index (χ2v) is 16.3. The molecule has 6 aromatic rings. The summed E-state index contributed by atoms with van der Waals surface area (Å²) >= 11 is 0. The van der Waals surface area contributed by atoms with E-state index in [0.717, 1.165) is 44.8 Å². The van der Waals surface area contributed by atoms with Crippen LogP contribution in [-0.2, 0) is 37.0 Å². The zero-order valence-corrected chi connectivity index (χ0v) is 32.5. The Hall–Kier alpha value is -5.30. The Labute approximate surface area is 321 Å². The van der Waals surface area contributed by atoms with Crippen molar-refractivity contribution in [1.82, 2.24) is 19.8 Å². The van der Waals surface area contributed by atoms with Crippen molar-refractivity contribution in [3.8, 4) is 11.5 Å². The van der Waals surface area contributed by atoms with Crippen LogP contribution in [0.2, 0.25) is 0 Å². The van der Waals surface area contributed by atoms with Crippen LogP contribution in [0.25, 0.3) is 0 Å². The Balaban J connectivity index is 1.58. The highest BCUT2D eigenvalue weighted by atomic mass is 16.3. The molecule has 2 atom stereocenters. The Morgan fingerprint density at radius 3 is 1.15 bits per heavy atom. The maximum absolute atomic E-state index is 11.9. The minimum Gasteiger partial charge on any atom is -0.507 e. The molecule has 2 N–H and O–H groups in total. The number of phenols is 2. The molecule has 0 radical (unpaired) electrons. The molecule has 0 saturated heterocycles. The molecule has 0 amide bonds. The van der Waals surface area contributed by atoms with Crippen LogP contribution in [0.4, 0.5) is 0 Å². The normalized spacial score (nSPS) is 13.3. The molecule has 0 aliphatic carbocycles. The minimum absolute atomic E-state index is 0.232. The Kier molecular flexibility index (Phi) is 12.0. The molecule has 278 valence electrons. The van der Waals surface area contributed by atoms with Crippen molar-refractivity contribution in [2.45, 2.75) is 90.6 Å². The summed E-state index contributed by atoms with van der Waals surface area (Å²) in [7, 11) is 0. The minimum atomic E-state index is -0.236. The second-order valence-electron chi connectivity index (χ2n) is 16.3. The third kappa shape index (κ3) is 9.25. The van der Waals surface area contributed by atoms with Gasteiger partial charge >= 0.3 is 0 Å². The van der Waals surface area contributed by atoms with Gasteiger partial charge in [0.05, 0.1) is 23.5 Å². The predicted molar refractivity (Wildman–Crippen MR) is 219 cm³/mol. The van der Waals surface area contributed by atoms with Crippen molar-refractivity contribution >= 4 is 0 Å². The van der Waals surface area contributed by atoms with E-state index >= 15 is 0 Å². The SMILES string of the molecule is CC(C)(C)c1cccc(CN(Cc2ccccn2)[C@H](c2ccccc2)[C@@H](c2ccccc2)N(Cc2ccccn2)Cc2cccc(C(C)(C)C)c2O)c1O. The van der Waals surface area contributed by atoms with Gasteiger partial charge in [-0.05, 0) is 57.3 Å². The Morgan fingerprint density at radius 2 is 0.815 bits per heavy atom. The quantitative estimate of drug-likeness (QED) is 0.124. The zero-order valence-electron chi connectivity index (χ0n) is 32.5. The van der Waals surface area contributed by atoms with Crippen LogP contribution in [0.1, 0.15) is 98.4 Å². The molecule has 0 spiro atoms. The van der Waals surface area contributed by atoms with Gasteiger partial charge in [-0.25, -0.2) is 0 Å². The van der Waals surface area contributed by atoms with E-state index in [9.17, 15) is 10.2 Å². The number of hydrogen-bond donors (Lipinski definition) is 2. The first-order valence-corrected chi connectivity index (χ1v) is 18.9. The van der Waals surface area contributed by atoms with Gasteiger partial charge in [0.2, 0.25) is 0 Å². The van der Waals surface area contributed by atoms with Crippen LogP contribution < -0.4 is 0 Å². The van der Waals surface area contributed by atoms with E-state index in [0.29, 0.717) is 37.7 Å². The maximum Gasteiger partial charge on any atom is 0.123 e. The van der Waals surface area contributed by atoms with Crippen LogP contribution in [0, 0.1) is 0 Å². The number of rotatable bonds is 13. The smallest absolute Gasteiger partial charge is 0.123 e. The van der Waals surface area contributed by atoms with Gasteiger partial charge in [0, 0.05) is 49.7 Å². The lowest BCUT2D eigenvalue weighted by Gasteiger charge is -2.43. The van der Waals surface area contributed by atoms with Gasteiger partial charge in [-0.2, -0.15) is 0 Å². The highest BCUT2D eigenvalue weighted by Gasteiger charge is 2.37. The lowest BCUT2D eigenvalue weighted by atomic mass is 9.84. The fourth-order valence-corrected chi connectivity index (χ4v) is 7.48. The summed E-state index contributed by atoms with van der Waals surface area (Å²) in [5.41, 5.74) is 7.21. The third-order valence-corrected chi connectivity index (χ3v) is 10.2. The van der Waals surface area contributed by atoms with Crippen LogP contribution in [0.3, 0.4) is 0 Å². The summed E-state index contributed by atoms with van der Waals surface area (Å²) in [6, 6.07) is 45.2. The number of benzene rings is 4. The van der Waals surface area contributed by atoms with Crippen molar-refractivity contribution in [3.63, 3.8) is 0 Å². The molecule has 0 bridgehead atoms. The van der Waals surface area contributed by atoms with Gasteiger partial charge < -0.3 is 10.2 Å². The average molecular weight is 719 g/mol. The lowest BCUT2D eigenvalue weighted by Crippen LogP contribution is -2.40. The number of aromatic nitrogens is 2. The second kappa shape index (κ2) is 16.8. The van der Waals surface area contributed by atoms with E-state index in [1.165, 1.54) is 0 Å². The number of para-hydroxylation sites is 2. The van der Waals surface area contributed by atoms with Crippen LogP contribution in [0.5, 0.6) is 11.5 Å². The monoisotopic (exact) mass is 718 g/mol. The molecule has 0 aliphatic heterocycles. The Bertz CT molecular complexity index is 1920. The van der Waals surface area contributed by atoms with E-state index in [2.05, 4.69) is 136 Å². The fourth-order valence-electron chi connectivity index (χ4n) is 7.48. The summed E-state index contributed by atoms with van der Waals surface area (Å²) in [6.07, 6.45) is 3.69. The lowest BCUT2D eigenvalue weighted by molar-refractivity contribution is 0.0522. The van der Waals surface area contributed by atoms with Crippen LogP contribution >= 0.6 is 0 Å². The number of phenolic OH excluding ortho intramolecular Hbond substituents is 2. The van der Waals surface area contributed by atoms with E-state index < -0.39 is 0 Å². The standard InChI is InChI=1S/C48H54N4O2/c1-47(2,3)41-27-17-23-37(45(41)53)31-51(33-39-25-13-15-29-49-39)43(35-19-9-7-10-20-35)44(36-21-11-8-12-22-36)52(34-40-26-14-16-30-50-40)32-38-24-18-28-42(46(38)54)48(4,5)6/h7-30,43-44,53-54H,31-34H2,1-6H3/t43-,44-/m1/s1. The molecule has 0 unspecified atom stereocenters. The van der Waals surface area contributed by atoms with Crippen molar-refractivity contribution in [1.29, 1.82) is 0 Å². The maximum atomic E-state index is 11.9. The summed E-state index contributed by atoms with van der Waals surface area (Å²) in [5, 5.41) is 23.8. The molecule has 6 heteroatoms. The molecule has 2 heterocycles. The van der Waals surface area contributed by atoms with Gasteiger partial charge in [0.25, 0.3) is 0 Å². The van der Waals surface area contributed by atoms with Crippen LogP contribution in [0.15, 0.2) is 146 Å². The first-order valence-electron chi connectivity index (χ1n) is 18.9. The van der Waals surface area contributed by atoms with Crippen molar-refractivity contribution < 1.29 is 10.2 Å². The molecular weight excluding hydrogens is 665 g/mol. The first kappa shape index (κ1) is 38.4. The van der Waals surface area contributed by atoms with Crippen LogP contribution in [-0.4, -0.2) is 30.0 Å². The van der Waals surface area contributed by atoms with Gasteiger partial charge in [-0.15, -0.1) is 0 Å². The van der Waals surface area contributed by atoms with Gasteiger partial charge in [0.15, 0.2) is 0 Å². The van der Waals surface area contributed by atoms with E-state index in [4.69, 9.17) is 9.97 Å². The van der Waals surface area contributed by atoms with E-state index in [1.807, 2.05) is 60.9 Å². The summed E-state index contributed by atoms with van der Waals surface area (Å²) < 4.78 is 0. The van der Waals surface area contributed by atoms with Gasteiger partial charge in [-0.3, -0.25) is 19.8 Å². The number of hydrogen-bond acceptors (Lipinski definition) is 6. The number of aromatic hydroxyl groups is 2. The van der Waals surface area contributed by atoms with Crippen molar-refractivity contribution in [2.75, 3.05) is 0 Å². The van der Waals surface area contributed by atoms with Gasteiger partial charge in [-0.1, -0.05) is 151 Å². The third-order valence-electron chi connectivity index (χ3n) is 10.2. The molecular formula is C48H54N4O2.